The summed E-state index contributed by atoms with van der Waals surface area (Å²) in [6, 6.07) is 5.34. The van der Waals surface area contributed by atoms with E-state index in [-0.39, 0.29) is 12.4 Å². The van der Waals surface area contributed by atoms with Crippen LogP contribution in [-0.4, -0.2) is 14.7 Å². The molecule has 0 spiro atoms. The van der Waals surface area contributed by atoms with E-state index in [9.17, 15) is 8.78 Å². The SMILES string of the molecule is C[Si](C)(C)Oc1ccc([C@@H](N)C(F)F)cc1.Cl. The van der Waals surface area contributed by atoms with Gasteiger partial charge in [0.25, 0.3) is 6.43 Å². The summed E-state index contributed by atoms with van der Waals surface area (Å²) >= 11 is 0. The molecule has 2 N–H and O–H groups in total. The molecule has 1 aromatic rings. The van der Waals surface area contributed by atoms with E-state index in [0.717, 1.165) is 0 Å². The summed E-state index contributed by atoms with van der Waals surface area (Å²) in [5.74, 6) is 0.712. The fraction of sp³-hybridized carbons (Fsp3) is 0.455. The molecule has 1 aromatic carbocycles. The van der Waals surface area contributed by atoms with E-state index in [1.807, 2.05) is 0 Å². The molecule has 0 bridgehead atoms. The van der Waals surface area contributed by atoms with Crippen LogP contribution in [0.4, 0.5) is 8.78 Å². The lowest BCUT2D eigenvalue weighted by atomic mass is 10.1. The predicted octanol–water partition coefficient (Wildman–Crippen LogP) is 3.59. The summed E-state index contributed by atoms with van der Waals surface area (Å²) in [7, 11) is -1.64. The van der Waals surface area contributed by atoms with Gasteiger partial charge < -0.3 is 10.2 Å². The molecule has 0 amide bonds. The molecule has 0 unspecified atom stereocenters. The van der Waals surface area contributed by atoms with Crippen molar-refractivity contribution in [2.75, 3.05) is 0 Å². The smallest absolute Gasteiger partial charge is 0.257 e. The molecular formula is C11H18ClF2NOSi. The standard InChI is InChI=1S/C11H17F2NOSi.ClH/c1-16(2,3)15-9-6-4-8(5-7-9)10(14)11(12)13;/h4-7,10-11H,14H2,1-3H3;1H/t10-;/m1./s1. The molecule has 0 aliphatic heterocycles. The quantitative estimate of drug-likeness (QED) is 0.856. The molecule has 0 radical (unpaired) electrons. The summed E-state index contributed by atoms with van der Waals surface area (Å²) in [6.45, 7) is 6.18. The first-order chi connectivity index (χ1) is 7.29. The Labute approximate surface area is 108 Å². The van der Waals surface area contributed by atoms with Gasteiger partial charge >= 0.3 is 0 Å². The molecule has 98 valence electrons. The van der Waals surface area contributed by atoms with Crippen LogP contribution in [0.2, 0.25) is 19.6 Å². The fourth-order valence-corrected chi connectivity index (χ4v) is 2.10. The van der Waals surface area contributed by atoms with Crippen molar-refractivity contribution in [3.63, 3.8) is 0 Å². The van der Waals surface area contributed by atoms with Crippen LogP contribution in [0.25, 0.3) is 0 Å². The largest absolute Gasteiger partial charge is 0.544 e. The first-order valence-corrected chi connectivity index (χ1v) is 8.53. The minimum absolute atomic E-state index is 0. The van der Waals surface area contributed by atoms with E-state index >= 15 is 0 Å². The van der Waals surface area contributed by atoms with Crippen LogP contribution in [0.3, 0.4) is 0 Å². The number of benzene rings is 1. The molecule has 0 aliphatic rings. The van der Waals surface area contributed by atoms with E-state index in [0.29, 0.717) is 11.3 Å². The molecule has 2 nitrogen and oxygen atoms in total. The number of alkyl halides is 2. The number of nitrogens with two attached hydrogens (primary N) is 1. The number of hydrogen-bond donors (Lipinski definition) is 1. The highest BCUT2D eigenvalue weighted by Crippen LogP contribution is 2.22. The zero-order chi connectivity index (χ0) is 12.3. The van der Waals surface area contributed by atoms with Gasteiger partial charge in [-0.15, -0.1) is 12.4 Å². The van der Waals surface area contributed by atoms with Crippen LogP contribution in [0, 0.1) is 0 Å². The first kappa shape index (κ1) is 16.3. The highest BCUT2D eigenvalue weighted by atomic mass is 35.5. The van der Waals surface area contributed by atoms with Gasteiger partial charge in [0.1, 0.15) is 5.75 Å². The Hall–Kier alpha value is -0.653. The predicted molar refractivity (Wildman–Crippen MR) is 70.6 cm³/mol. The summed E-state index contributed by atoms with van der Waals surface area (Å²) in [5, 5.41) is 0. The van der Waals surface area contributed by atoms with Gasteiger partial charge in [-0.1, -0.05) is 12.1 Å². The summed E-state index contributed by atoms with van der Waals surface area (Å²) in [4.78, 5) is 0. The lowest BCUT2D eigenvalue weighted by Gasteiger charge is -2.19. The normalized spacial score (nSPS) is 13.1. The maximum atomic E-state index is 12.3. The van der Waals surface area contributed by atoms with Crippen molar-refractivity contribution in [2.45, 2.75) is 32.1 Å². The van der Waals surface area contributed by atoms with Crippen LogP contribution < -0.4 is 10.2 Å². The van der Waals surface area contributed by atoms with Crippen molar-refractivity contribution in [3.05, 3.63) is 29.8 Å². The van der Waals surface area contributed by atoms with E-state index < -0.39 is 20.8 Å². The van der Waals surface area contributed by atoms with E-state index in [1.54, 1.807) is 24.3 Å². The third-order valence-corrected chi connectivity index (χ3v) is 2.81. The zero-order valence-corrected chi connectivity index (χ0v) is 11.9. The van der Waals surface area contributed by atoms with E-state index in [2.05, 4.69) is 19.6 Å². The molecule has 1 atom stereocenters. The van der Waals surface area contributed by atoms with E-state index in [1.165, 1.54) is 0 Å². The number of hydrogen-bond acceptors (Lipinski definition) is 2. The van der Waals surface area contributed by atoms with Crippen LogP contribution in [0.15, 0.2) is 24.3 Å². The highest BCUT2D eigenvalue weighted by molar-refractivity contribution is 6.70. The van der Waals surface area contributed by atoms with Crippen LogP contribution >= 0.6 is 12.4 Å². The van der Waals surface area contributed by atoms with E-state index in [4.69, 9.17) is 10.2 Å². The van der Waals surface area contributed by atoms with Crippen molar-refractivity contribution in [1.82, 2.24) is 0 Å². The van der Waals surface area contributed by atoms with Crippen molar-refractivity contribution in [2.24, 2.45) is 5.73 Å². The van der Waals surface area contributed by atoms with Gasteiger partial charge in [-0.05, 0) is 37.3 Å². The van der Waals surface area contributed by atoms with Crippen molar-refractivity contribution >= 4 is 20.7 Å². The fourth-order valence-electron chi connectivity index (χ4n) is 1.26. The van der Waals surface area contributed by atoms with Gasteiger partial charge in [0.05, 0.1) is 6.04 Å². The van der Waals surface area contributed by atoms with Gasteiger partial charge in [-0.2, -0.15) is 0 Å². The lowest BCUT2D eigenvalue weighted by Crippen LogP contribution is -2.29. The van der Waals surface area contributed by atoms with Crippen molar-refractivity contribution < 1.29 is 13.2 Å². The summed E-state index contributed by atoms with van der Waals surface area (Å²) < 4.78 is 30.4. The Kier molecular flexibility index (Phi) is 6.08. The Morgan fingerprint density at radius 2 is 1.59 bits per heavy atom. The Morgan fingerprint density at radius 1 is 1.12 bits per heavy atom. The lowest BCUT2D eigenvalue weighted by molar-refractivity contribution is 0.116. The summed E-state index contributed by atoms with van der Waals surface area (Å²) in [6.07, 6.45) is -2.54. The van der Waals surface area contributed by atoms with Crippen LogP contribution in [-0.2, 0) is 0 Å². The number of rotatable bonds is 4. The Bertz CT molecular complexity index is 340. The molecule has 0 saturated carbocycles. The molecule has 0 aromatic heterocycles. The third-order valence-electron chi connectivity index (χ3n) is 1.96. The minimum atomic E-state index is -2.54. The third kappa shape index (κ3) is 5.47. The number of halogens is 3. The Morgan fingerprint density at radius 3 is 1.94 bits per heavy atom. The van der Waals surface area contributed by atoms with Gasteiger partial charge in [0.2, 0.25) is 8.32 Å². The minimum Gasteiger partial charge on any atom is -0.544 e. The van der Waals surface area contributed by atoms with Crippen LogP contribution in [0.5, 0.6) is 5.75 Å². The molecule has 0 heterocycles. The molecule has 0 saturated heterocycles. The van der Waals surface area contributed by atoms with Crippen LogP contribution in [0.1, 0.15) is 11.6 Å². The van der Waals surface area contributed by atoms with Gasteiger partial charge in [0, 0.05) is 0 Å². The van der Waals surface area contributed by atoms with Crippen molar-refractivity contribution in [1.29, 1.82) is 0 Å². The second-order valence-corrected chi connectivity index (χ2v) is 9.07. The van der Waals surface area contributed by atoms with Gasteiger partial charge in [-0.3, -0.25) is 0 Å². The first-order valence-electron chi connectivity index (χ1n) is 5.12. The maximum absolute atomic E-state index is 12.3. The average molecular weight is 282 g/mol. The monoisotopic (exact) mass is 281 g/mol. The molecule has 1 rings (SSSR count). The molecule has 17 heavy (non-hydrogen) atoms. The second-order valence-electron chi connectivity index (χ2n) is 4.64. The molecular weight excluding hydrogens is 264 g/mol. The van der Waals surface area contributed by atoms with Gasteiger partial charge in [0.15, 0.2) is 0 Å². The zero-order valence-electron chi connectivity index (χ0n) is 10.1. The van der Waals surface area contributed by atoms with Gasteiger partial charge in [-0.25, -0.2) is 8.78 Å². The summed E-state index contributed by atoms with van der Waals surface area (Å²) in [5.41, 5.74) is 5.76. The molecule has 0 fully saturated rings. The Balaban J connectivity index is 0.00000256. The molecule has 0 aliphatic carbocycles. The second kappa shape index (κ2) is 6.33. The molecule has 6 heteroatoms. The van der Waals surface area contributed by atoms with Crippen molar-refractivity contribution in [3.8, 4) is 5.75 Å². The highest BCUT2D eigenvalue weighted by Gasteiger charge is 2.19. The average Bonchev–Trinajstić information content (AvgIpc) is 2.15. The topological polar surface area (TPSA) is 35.2 Å². The maximum Gasteiger partial charge on any atom is 0.257 e.